The van der Waals surface area contributed by atoms with Gasteiger partial charge in [0, 0.05) is 31.5 Å². The molecule has 0 unspecified atom stereocenters. The summed E-state index contributed by atoms with van der Waals surface area (Å²) in [6.07, 6.45) is 2.12. The highest BCUT2D eigenvalue weighted by Gasteiger charge is 2.49. The van der Waals surface area contributed by atoms with Crippen molar-refractivity contribution in [2.75, 3.05) is 24.3 Å². The minimum atomic E-state index is -1.83. The summed E-state index contributed by atoms with van der Waals surface area (Å²) in [7, 11) is 0. The molecule has 19 heteroatoms. The Kier molecular flexibility index (Phi) is 14.9. The quantitative estimate of drug-likeness (QED) is 0.126. The fraction of sp³-hybridized carbons (Fsp3) is 0.289. The number of nitrogens with two attached hydrogens (primary N) is 1. The topological polar surface area (TPSA) is 218 Å². The Bertz CT molecular complexity index is 2190. The van der Waals surface area contributed by atoms with E-state index in [0.717, 1.165) is 43.8 Å². The molecule has 2 aromatic carbocycles. The average Bonchev–Trinajstić information content (AvgIpc) is 3.65. The van der Waals surface area contributed by atoms with Crippen molar-refractivity contribution in [3.8, 4) is 0 Å². The highest BCUT2D eigenvalue weighted by atomic mass is 32.2. The van der Waals surface area contributed by atoms with Gasteiger partial charge in [0.05, 0.1) is 17.1 Å². The molecular formula is C38H38F2N6O9S2. The second-order valence-corrected chi connectivity index (χ2v) is 15.2. The number of aliphatic hydroxyl groups is 2. The van der Waals surface area contributed by atoms with Crippen LogP contribution in [-0.2, 0) is 23.9 Å². The maximum atomic E-state index is 15.8. The molecule has 4 heterocycles. The van der Waals surface area contributed by atoms with Gasteiger partial charge < -0.3 is 30.7 Å². The van der Waals surface area contributed by atoms with E-state index in [4.69, 9.17) is 20.3 Å². The van der Waals surface area contributed by atoms with Crippen LogP contribution in [0.5, 0.6) is 0 Å². The zero-order valence-electron chi connectivity index (χ0n) is 30.1. The van der Waals surface area contributed by atoms with Gasteiger partial charge in [-0.15, -0.1) is 23.5 Å². The number of ether oxygens (including phenoxy) is 2. The third-order valence-corrected chi connectivity index (χ3v) is 11.4. The second kappa shape index (κ2) is 20.0. The van der Waals surface area contributed by atoms with Gasteiger partial charge in [-0.2, -0.15) is 9.97 Å². The number of rotatable bonds is 11. The van der Waals surface area contributed by atoms with Gasteiger partial charge in [-0.05, 0) is 35.4 Å². The summed E-state index contributed by atoms with van der Waals surface area (Å²) in [5.74, 6) is -1.77. The van der Waals surface area contributed by atoms with Gasteiger partial charge in [0.15, 0.2) is 18.4 Å². The van der Waals surface area contributed by atoms with E-state index in [-0.39, 0.29) is 24.8 Å². The standard InChI is InChI=1S/C29H26FN3O6S.C9H12FN3O3S/c1-19(34)31-23-16-17-33(29(37)32-23)28-26(30)27(39-25(36)15-13-21-10-6-3-7-11-21)22(40-28)18-38-24(35)14-12-20-8-4-2-5-9-20;10-6-7(15)4(3-14)17-8(6)13-2-1-5(11)12-9(13)16/h2-17,22,26-28H,18H2,1H3,(H,31,32,34,37);1-2,4,6-8,14-15H,3H2,(H2,11,12,16)/b14-12+,15-13+;/t22-,26+,27-,28-;4-,6+,7-,8-/m11/s1. The highest BCUT2D eigenvalue weighted by Crippen LogP contribution is 2.45. The Morgan fingerprint density at radius 3 is 1.91 bits per heavy atom. The van der Waals surface area contributed by atoms with Gasteiger partial charge >= 0.3 is 23.3 Å². The predicted octanol–water partition coefficient (Wildman–Crippen LogP) is 3.17. The van der Waals surface area contributed by atoms with Crippen molar-refractivity contribution in [3.63, 3.8) is 0 Å². The Labute approximate surface area is 332 Å². The normalized spacial score (nSPS) is 24.2. The van der Waals surface area contributed by atoms with Crippen LogP contribution < -0.4 is 22.4 Å². The van der Waals surface area contributed by atoms with E-state index in [9.17, 15) is 33.5 Å². The molecule has 8 atom stereocenters. The van der Waals surface area contributed by atoms with E-state index < -0.39 is 75.0 Å². The van der Waals surface area contributed by atoms with Gasteiger partial charge in [-0.25, -0.2) is 28.0 Å². The molecular weight excluding hydrogens is 787 g/mol. The molecule has 300 valence electrons. The number of aliphatic hydroxyl groups excluding tert-OH is 2. The Morgan fingerprint density at radius 1 is 0.825 bits per heavy atom. The molecule has 2 aromatic heterocycles. The van der Waals surface area contributed by atoms with E-state index in [0.29, 0.717) is 0 Å². The van der Waals surface area contributed by atoms with Crippen molar-refractivity contribution in [1.29, 1.82) is 0 Å². The summed E-state index contributed by atoms with van der Waals surface area (Å²) < 4.78 is 42.5. The number of nitrogen functional groups attached to an aromatic ring is 1. The number of carbonyl (C=O) groups excluding carboxylic acids is 3. The largest absolute Gasteiger partial charge is 0.461 e. The molecule has 57 heavy (non-hydrogen) atoms. The van der Waals surface area contributed by atoms with Crippen LogP contribution in [0.25, 0.3) is 12.2 Å². The Hall–Kier alpha value is -5.63. The number of benzene rings is 2. The van der Waals surface area contributed by atoms with Crippen molar-refractivity contribution in [3.05, 3.63) is 129 Å². The number of halogens is 2. The third-order valence-electron chi connectivity index (χ3n) is 8.34. The molecule has 2 saturated heterocycles. The van der Waals surface area contributed by atoms with Crippen LogP contribution in [0.1, 0.15) is 28.8 Å². The lowest BCUT2D eigenvalue weighted by Gasteiger charge is -2.20. The fourth-order valence-corrected chi connectivity index (χ4v) is 8.41. The summed E-state index contributed by atoms with van der Waals surface area (Å²) in [5, 5.41) is 17.4. The van der Waals surface area contributed by atoms with Crippen molar-refractivity contribution in [1.82, 2.24) is 19.1 Å². The number of alkyl halides is 2. The smallest absolute Gasteiger partial charge is 0.350 e. The van der Waals surface area contributed by atoms with Crippen LogP contribution in [-0.4, -0.2) is 95.4 Å². The lowest BCUT2D eigenvalue weighted by Crippen LogP contribution is -2.37. The Balaban J connectivity index is 0.000000303. The number of esters is 2. The summed E-state index contributed by atoms with van der Waals surface area (Å²) >= 11 is 1.99. The molecule has 15 nitrogen and oxygen atoms in total. The molecule has 0 radical (unpaired) electrons. The molecule has 0 bridgehead atoms. The first-order valence-corrected chi connectivity index (χ1v) is 19.2. The first kappa shape index (κ1) is 42.5. The number of nitrogens with zero attached hydrogens (tertiary/aromatic N) is 4. The number of hydrogen-bond acceptors (Lipinski definition) is 14. The maximum Gasteiger partial charge on any atom is 0.350 e. The SMILES string of the molecule is CC(=O)Nc1ccn([C@@H]2S[C@H](COC(=O)/C=C/c3ccccc3)[C@@H](OC(=O)/C=C/c3ccccc3)[C@@H]2F)c(=O)n1.Nc1ccn([C@@H]2S[C@H](CO)[C@@H](O)[C@@H]2F)c(=O)n1. The number of thioether (sulfide) groups is 2. The number of amides is 1. The molecule has 4 aromatic rings. The first-order valence-electron chi connectivity index (χ1n) is 17.3. The van der Waals surface area contributed by atoms with Crippen molar-refractivity contribution >= 4 is 65.2 Å². The van der Waals surface area contributed by atoms with Gasteiger partial charge in [-0.1, -0.05) is 60.7 Å². The van der Waals surface area contributed by atoms with Crippen LogP contribution in [0.4, 0.5) is 20.4 Å². The van der Waals surface area contributed by atoms with E-state index in [1.54, 1.807) is 30.3 Å². The van der Waals surface area contributed by atoms with Gasteiger partial charge in [0.1, 0.15) is 35.1 Å². The van der Waals surface area contributed by atoms with Crippen molar-refractivity contribution in [2.24, 2.45) is 0 Å². The molecule has 2 fully saturated rings. The lowest BCUT2D eigenvalue weighted by molar-refractivity contribution is -0.147. The molecule has 0 saturated carbocycles. The van der Waals surface area contributed by atoms with E-state index >= 15 is 4.39 Å². The summed E-state index contributed by atoms with van der Waals surface area (Å²) in [6.45, 7) is 0.649. The van der Waals surface area contributed by atoms with Crippen molar-refractivity contribution < 1.29 is 42.9 Å². The summed E-state index contributed by atoms with van der Waals surface area (Å²) in [6, 6.07) is 20.9. The van der Waals surface area contributed by atoms with Gasteiger partial charge in [-0.3, -0.25) is 13.9 Å². The van der Waals surface area contributed by atoms with E-state index in [1.165, 1.54) is 49.7 Å². The zero-order valence-corrected chi connectivity index (χ0v) is 31.7. The van der Waals surface area contributed by atoms with Crippen LogP contribution in [0.2, 0.25) is 0 Å². The number of hydrogen-bond donors (Lipinski definition) is 4. The van der Waals surface area contributed by atoms with Gasteiger partial charge in [0.2, 0.25) is 5.91 Å². The molecule has 0 spiro atoms. The van der Waals surface area contributed by atoms with Crippen LogP contribution >= 0.6 is 23.5 Å². The van der Waals surface area contributed by atoms with Crippen LogP contribution in [0, 0.1) is 0 Å². The fourth-order valence-electron chi connectivity index (χ4n) is 5.59. The summed E-state index contributed by atoms with van der Waals surface area (Å²) in [5.41, 5.74) is 5.40. The second-order valence-electron chi connectivity index (χ2n) is 12.4. The Morgan fingerprint density at radius 2 is 1.37 bits per heavy atom. The highest BCUT2D eigenvalue weighted by molar-refractivity contribution is 8.00. The first-order chi connectivity index (χ1) is 27.3. The number of nitrogens with one attached hydrogen (secondary N) is 1. The summed E-state index contributed by atoms with van der Waals surface area (Å²) in [4.78, 5) is 67.6. The molecule has 0 aliphatic carbocycles. The predicted molar refractivity (Wildman–Crippen MR) is 211 cm³/mol. The molecule has 5 N–H and O–H groups in total. The van der Waals surface area contributed by atoms with Crippen LogP contribution in [0.15, 0.2) is 107 Å². The monoisotopic (exact) mass is 824 g/mol. The number of aromatic nitrogens is 4. The average molecular weight is 825 g/mol. The minimum Gasteiger partial charge on any atom is -0.461 e. The lowest BCUT2D eigenvalue weighted by atomic mass is 10.1. The number of carbonyl (C=O) groups is 3. The third kappa shape index (κ3) is 11.5. The van der Waals surface area contributed by atoms with Crippen LogP contribution in [0.3, 0.4) is 0 Å². The zero-order chi connectivity index (χ0) is 41.1. The number of anilines is 2. The van der Waals surface area contributed by atoms with Crippen molar-refractivity contribution in [2.45, 2.75) is 52.7 Å². The molecule has 1 amide bonds. The van der Waals surface area contributed by atoms with Gasteiger partial charge in [0.25, 0.3) is 0 Å². The van der Waals surface area contributed by atoms with E-state index in [2.05, 4.69) is 15.3 Å². The molecule has 2 aliphatic heterocycles. The van der Waals surface area contributed by atoms with E-state index in [1.807, 2.05) is 36.4 Å². The molecule has 2 aliphatic rings. The maximum absolute atomic E-state index is 15.8. The minimum absolute atomic E-state index is 0.0249. The molecule has 6 rings (SSSR count).